The molecule has 0 heterocycles. The zero-order chi connectivity index (χ0) is 25.0. The van der Waals surface area contributed by atoms with Gasteiger partial charge in [0.2, 0.25) is 0 Å². The van der Waals surface area contributed by atoms with E-state index in [1.54, 1.807) is 12.1 Å². The Morgan fingerprint density at radius 1 is 0.405 bits per heavy atom. The van der Waals surface area contributed by atoms with Crippen molar-refractivity contribution in [3.63, 3.8) is 0 Å². The van der Waals surface area contributed by atoms with E-state index in [1.165, 1.54) is 21.5 Å². The summed E-state index contributed by atoms with van der Waals surface area (Å²) in [6.07, 6.45) is 5.03. The third-order valence-corrected chi connectivity index (χ3v) is 11.1. The summed E-state index contributed by atoms with van der Waals surface area (Å²) in [6.45, 7) is -2.69. The van der Waals surface area contributed by atoms with Crippen molar-refractivity contribution in [2.24, 2.45) is 0 Å². The molecule has 0 aliphatic heterocycles. The normalized spacial score (nSPS) is 12.0. The lowest BCUT2D eigenvalue weighted by Crippen LogP contribution is -2.28. The highest BCUT2D eigenvalue weighted by Gasteiger charge is 2.29. The first-order valence-corrected chi connectivity index (χ1v) is 14.4. The lowest BCUT2D eigenvalue weighted by molar-refractivity contribution is 0.636. The molecule has 0 saturated heterocycles. The van der Waals surface area contributed by atoms with Gasteiger partial charge in [0.1, 0.15) is 5.82 Å². The van der Waals surface area contributed by atoms with Crippen LogP contribution in [0.15, 0.2) is 133 Å². The highest BCUT2D eigenvalue weighted by Crippen LogP contribution is 2.48. The van der Waals surface area contributed by atoms with Gasteiger partial charge in [-0.15, -0.1) is 0 Å². The summed E-state index contributed by atoms with van der Waals surface area (Å²) in [5.41, 5.74) is 0. The molecule has 0 aliphatic rings. The van der Waals surface area contributed by atoms with Crippen LogP contribution in [0.3, 0.4) is 0 Å². The monoisotopic (exact) mass is 494 g/mol. The van der Waals surface area contributed by atoms with E-state index in [4.69, 9.17) is 6.30 Å². The summed E-state index contributed by atoms with van der Waals surface area (Å²) < 4.78 is 15.9. The van der Waals surface area contributed by atoms with Crippen molar-refractivity contribution in [3.05, 3.63) is 139 Å². The molecule has 7 aromatic rings. The number of halogens is 1. The van der Waals surface area contributed by atoms with Gasteiger partial charge in [-0.25, -0.2) is 4.39 Å². The van der Waals surface area contributed by atoms with E-state index < -0.39 is 6.89 Å². The maximum Gasteiger partial charge on any atom is 0.131 e. The van der Waals surface area contributed by atoms with Crippen LogP contribution >= 0.6 is 6.89 Å². The Balaban J connectivity index is 1.72. The standard InChI is InChI=1S/C35H24FP/c1-37(33-21-11-10-20-32(33)36,34-22-24-12-2-4-14-26(24)28-16-6-8-18-30(28)34)35-23-25-13-3-5-15-27(25)29-17-7-9-19-31(29)35/h2-23H,1H2. The van der Waals surface area contributed by atoms with Gasteiger partial charge < -0.3 is 0 Å². The predicted molar refractivity (Wildman–Crippen MR) is 162 cm³/mol. The third-order valence-electron chi connectivity index (χ3n) is 7.58. The van der Waals surface area contributed by atoms with Crippen molar-refractivity contribution in [1.29, 1.82) is 0 Å². The number of benzene rings is 7. The lowest BCUT2D eigenvalue weighted by atomic mass is 10.0. The number of hydrogen-bond acceptors (Lipinski definition) is 0. The van der Waals surface area contributed by atoms with Crippen LogP contribution in [0, 0.1) is 5.82 Å². The second kappa shape index (κ2) is 8.44. The van der Waals surface area contributed by atoms with E-state index in [9.17, 15) is 0 Å². The van der Waals surface area contributed by atoms with Crippen LogP contribution in [-0.4, -0.2) is 6.30 Å². The van der Waals surface area contributed by atoms with Gasteiger partial charge in [0.15, 0.2) is 0 Å². The predicted octanol–water partition coefficient (Wildman–Crippen LogP) is 8.16. The molecule has 0 bridgehead atoms. The first kappa shape index (κ1) is 22.0. The van der Waals surface area contributed by atoms with E-state index in [1.807, 2.05) is 12.1 Å². The van der Waals surface area contributed by atoms with E-state index in [0.717, 1.165) is 32.2 Å². The molecule has 0 nitrogen and oxygen atoms in total. The average molecular weight is 495 g/mol. The zero-order valence-electron chi connectivity index (χ0n) is 20.2. The maximum atomic E-state index is 15.9. The smallest absolute Gasteiger partial charge is 0.131 e. The van der Waals surface area contributed by atoms with Crippen LogP contribution in [0.2, 0.25) is 0 Å². The summed E-state index contributed by atoms with van der Waals surface area (Å²) in [6, 6.07) is 45.6. The Labute approximate surface area is 215 Å². The van der Waals surface area contributed by atoms with E-state index in [0.29, 0.717) is 5.30 Å². The number of rotatable bonds is 3. The molecule has 0 amide bonds. The highest BCUT2D eigenvalue weighted by molar-refractivity contribution is 7.94. The molecule has 176 valence electrons. The number of fused-ring (bicyclic) bond motifs is 6. The Morgan fingerprint density at radius 3 is 1.27 bits per heavy atom. The third kappa shape index (κ3) is 3.28. The van der Waals surface area contributed by atoms with E-state index >= 15 is 4.39 Å². The summed E-state index contributed by atoms with van der Waals surface area (Å²) in [7, 11) is 0. The van der Waals surface area contributed by atoms with Gasteiger partial charge in [-0.2, -0.15) is 0 Å². The molecule has 0 unspecified atom stereocenters. The molecule has 0 spiro atoms. The molecule has 0 aromatic heterocycles. The fourth-order valence-corrected chi connectivity index (χ4v) is 9.34. The topological polar surface area (TPSA) is 0 Å². The first-order valence-electron chi connectivity index (χ1n) is 12.5. The number of hydrogen-bond donors (Lipinski definition) is 0. The van der Waals surface area contributed by atoms with Crippen LogP contribution < -0.4 is 15.9 Å². The average Bonchev–Trinajstić information content (AvgIpc) is 2.96. The fraction of sp³-hybridized carbons (Fsp3) is 0. The minimum Gasteiger partial charge on any atom is -0.206 e. The summed E-state index contributed by atoms with van der Waals surface area (Å²) in [5, 5.41) is 12.2. The van der Waals surface area contributed by atoms with Gasteiger partial charge in [0.05, 0.1) is 0 Å². The van der Waals surface area contributed by atoms with E-state index in [-0.39, 0.29) is 5.82 Å². The van der Waals surface area contributed by atoms with Crippen LogP contribution in [0.5, 0.6) is 0 Å². The second-order valence-electron chi connectivity index (χ2n) is 9.59. The fourth-order valence-electron chi connectivity index (χ4n) is 5.85. The van der Waals surface area contributed by atoms with Crippen LogP contribution in [0.25, 0.3) is 43.1 Å². The largest absolute Gasteiger partial charge is 0.206 e. The minimum atomic E-state index is -2.69. The summed E-state index contributed by atoms with van der Waals surface area (Å²) in [4.78, 5) is 0. The molecule has 7 aromatic carbocycles. The summed E-state index contributed by atoms with van der Waals surface area (Å²) in [5.74, 6) is -0.208. The van der Waals surface area contributed by atoms with Crippen LogP contribution in [-0.2, 0) is 0 Å². The first-order chi connectivity index (χ1) is 18.2. The van der Waals surface area contributed by atoms with Gasteiger partial charge >= 0.3 is 0 Å². The van der Waals surface area contributed by atoms with Crippen molar-refractivity contribution < 1.29 is 4.39 Å². The molecule has 0 saturated carbocycles. The second-order valence-corrected chi connectivity index (χ2v) is 12.7. The van der Waals surface area contributed by atoms with Gasteiger partial charge in [-0.1, -0.05) is 122 Å². The van der Waals surface area contributed by atoms with Crippen molar-refractivity contribution in [3.8, 4) is 0 Å². The van der Waals surface area contributed by atoms with Crippen molar-refractivity contribution >= 4 is 72.2 Å². The van der Waals surface area contributed by atoms with Gasteiger partial charge in [0.25, 0.3) is 0 Å². The Hall–Kier alpha value is -4.19. The van der Waals surface area contributed by atoms with Crippen LogP contribution in [0.4, 0.5) is 4.39 Å². The maximum absolute atomic E-state index is 15.9. The molecule has 7 rings (SSSR count). The Bertz CT molecular complexity index is 1910. The van der Waals surface area contributed by atoms with Crippen LogP contribution in [0.1, 0.15) is 0 Å². The summed E-state index contributed by atoms with van der Waals surface area (Å²) >= 11 is 0. The quantitative estimate of drug-likeness (QED) is 0.172. The molecule has 0 atom stereocenters. The van der Waals surface area contributed by atoms with Crippen molar-refractivity contribution in [1.82, 2.24) is 0 Å². The molecule has 0 aliphatic carbocycles. The SMILES string of the molecule is C=P(c1ccccc1F)(c1cc2ccccc2c2ccccc12)c1cc2ccccc2c2ccccc12. The Kier molecular flexibility index (Phi) is 5.03. The Morgan fingerprint density at radius 2 is 0.784 bits per heavy atom. The highest BCUT2D eigenvalue weighted by atomic mass is 31.2. The molecule has 0 radical (unpaired) electrons. The zero-order valence-corrected chi connectivity index (χ0v) is 21.1. The van der Waals surface area contributed by atoms with Crippen molar-refractivity contribution in [2.75, 3.05) is 0 Å². The molecular weight excluding hydrogens is 470 g/mol. The molecule has 2 heteroatoms. The van der Waals surface area contributed by atoms with Gasteiger partial charge in [-0.3, -0.25) is 0 Å². The minimum absolute atomic E-state index is 0.208. The molecule has 0 N–H and O–H groups in total. The van der Waals surface area contributed by atoms with Crippen molar-refractivity contribution in [2.45, 2.75) is 0 Å². The molecule has 37 heavy (non-hydrogen) atoms. The van der Waals surface area contributed by atoms with Gasteiger partial charge in [-0.05, 0) is 78.8 Å². The molecular formula is C35H24FP. The van der Waals surface area contributed by atoms with E-state index in [2.05, 4.69) is 109 Å². The lowest BCUT2D eigenvalue weighted by Gasteiger charge is -2.30. The van der Waals surface area contributed by atoms with Gasteiger partial charge in [0, 0.05) is 5.30 Å². The molecule has 0 fully saturated rings.